The van der Waals surface area contributed by atoms with Gasteiger partial charge in [0, 0.05) is 17.1 Å². The lowest BCUT2D eigenvalue weighted by molar-refractivity contribution is 0.102. The van der Waals surface area contributed by atoms with E-state index in [2.05, 4.69) is 20.6 Å². The van der Waals surface area contributed by atoms with Crippen molar-refractivity contribution >= 4 is 23.2 Å². The molecule has 1 aromatic heterocycles. The molecule has 0 aliphatic rings. The standard InChI is InChI=1S/C19H17FN4O/c1-12-6-8-15(9-7-12)23-19-21-13(2)10-17(24-19)18(25)22-16-5-3-4-14(20)11-16/h3-11H,1-2H3,(H,22,25)(H,21,23,24). The Hall–Kier alpha value is -3.28. The summed E-state index contributed by atoms with van der Waals surface area (Å²) in [6, 6.07) is 15.0. The fraction of sp³-hybridized carbons (Fsp3) is 0.105. The van der Waals surface area contributed by atoms with Crippen molar-refractivity contribution in [1.29, 1.82) is 0 Å². The fourth-order valence-electron chi connectivity index (χ4n) is 2.27. The lowest BCUT2D eigenvalue weighted by Gasteiger charge is -2.09. The summed E-state index contributed by atoms with van der Waals surface area (Å²) in [7, 11) is 0. The highest BCUT2D eigenvalue weighted by atomic mass is 19.1. The summed E-state index contributed by atoms with van der Waals surface area (Å²) in [6.07, 6.45) is 0. The minimum atomic E-state index is -0.428. The first kappa shape index (κ1) is 16.6. The van der Waals surface area contributed by atoms with Gasteiger partial charge in [-0.2, -0.15) is 0 Å². The molecule has 0 bridgehead atoms. The van der Waals surface area contributed by atoms with Crippen molar-refractivity contribution in [2.75, 3.05) is 10.6 Å². The van der Waals surface area contributed by atoms with Crippen LogP contribution in [0, 0.1) is 19.7 Å². The molecule has 25 heavy (non-hydrogen) atoms. The number of aromatic nitrogens is 2. The number of hydrogen-bond donors (Lipinski definition) is 2. The number of carbonyl (C=O) groups is 1. The molecule has 1 heterocycles. The maximum atomic E-state index is 13.2. The second-order valence-corrected chi connectivity index (χ2v) is 5.67. The highest BCUT2D eigenvalue weighted by Crippen LogP contribution is 2.16. The van der Waals surface area contributed by atoms with Crippen LogP contribution in [-0.4, -0.2) is 15.9 Å². The van der Waals surface area contributed by atoms with Gasteiger partial charge in [-0.15, -0.1) is 0 Å². The molecule has 0 unspecified atom stereocenters. The number of carbonyl (C=O) groups excluding carboxylic acids is 1. The Morgan fingerprint density at radius 2 is 1.72 bits per heavy atom. The summed E-state index contributed by atoms with van der Waals surface area (Å²) in [5, 5.41) is 5.71. The SMILES string of the molecule is Cc1ccc(Nc2nc(C)cc(C(=O)Nc3cccc(F)c3)n2)cc1. The van der Waals surface area contributed by atoms with Crippen molar-refractivity contribution in [2.24, 2.45) is 0 Å². The molecule has 0 saturated carbocycles. The van der Waals surface area contributed by atoms with Crippen LogP contribution in [0.15, 0.2) is 54.6 Å². The summed E-state index contributed by atoms with van der Waals surface area (Å²) in [4.78, 5) is 20.9. The molecular formula is C19H17FN4O. The van der Waals surface area contributed by atoms with Gasteiger partial charge in [0.15, 0.2) is 0 Å². The fourth-order valence-corrected chi connectivity index (χ4v) is 2.27. The summed E-state index contributed by atoms with van der Waals surface area (Å²) >= 11 is 0. The molecule has 0 saturated heterocycles. The second kappa shape index (κ2) is 7.09. The van der Waals surface area contributed by atoms with Crippen molar-refractivity contribution < 1.29 is 9.18 Å². The lowest BCUT2D eigenvalue weighted by atomic mass is 10.2. The van der Waals surface area contributed by atoms with Gasteiger partial charge in [-0.25, -0.2) is 14.4 Å². The molecule has 0 atom stereocenters. The van der Waals surface area contributed by atoms with Crippen molar-refractivity contribution in [3.63, 3.8) is 0 Å². The van der Waals surface area contributed by atoms with E-state index in [1.807, 2.05) is 31.2 Å². The molecule has 2 aromatic carbocycles. The maximum Gasteiger partial charge on any atom is 0.274 e. The predicted octanol–water partition coefficient (Wildman–Crippen LogP) is 4.23. The van der Waals surface area contributed by atoms with E-state index in [0.717, 1.165) is 11.3 Å². The van der Waals surface area contributed by atoms with Gasteiger partial charge in [0.1, 0.15) is 11.5 Å². The molecule has 0 aliphatic heterocycles. The number of halogens is 1. The van der Waals surface area contributed by atoms with E-state index in [1.54, 1.807) is 19.1 Å². The lowest BCUT2D eigenvalue weighted by Crippen LogP contribution is -2.15. The van der Waals surface area contributed by atoms with Crippen LogP contribution < -0.4 is 10.6 Å². The molecule has 3 aromatic rings. The van der Waals surface area contributed by atoms with E-state index in [0.29, 0.717) is 17.3 Å². The Morgan fingerprint density at radius 1 is 0.960 bits per heavy atom. The Kier molecular flexibility index (Phi) is 4.70. The minimum absolute atomic E-state index is 0.200. The molecule has 1 amide bonds. The molecule has 0 spiro atoms. The summed E-state index contributed by atoms with van der Waals surface area (Å²) in [6.45, 7) is 3.78. The third kappa shape index (κ3) is 4.38. The van der Waals surface area contributed by atoms with E-state index >= 15 is 0 Å². The molecule has 6 heteroatoms. The first-order valence-electron chi connectivity index (χ1n) is 7.76. The minimum Gasteiger partial charge on any atom is -0.324 e. The van der Waals surface area contributed by atoms with Crippen LogP contribution in [0.3, 0.4) is 0 Å². The predicted molar refractivity (Wildman–Crippen MR) is 95.6 cm³/mol. The van der Waals surface area contributed by atoms with Crippen LogP contribution in [0.1, 0.15) is 21.7 Å². The quantitative estimate of drug-likeness (QED) is 0.748. The van der Waals surface area contributed by atoms with Gasteiger partial charge in [-0.05, 0) is 50.2 Å². The van der Waals surface area contributed by atoms with E-state index < -0.39 is 11.7 Å². The van der Waals surface area contributed by atoms with Crippen molar-refractivity contribution in [2.45, 2.75) is 13.8 Å². The topological polar surface area (TPSA) is 66.9 Å². The average Bonchev–Trinajstić information content (AvgIpc) is 2.56. The third-order valence-electron chi connectivity index (χ3n) is 3.48. The summed E-state index contributed by atoms with van der Waals surface area (Å²) in [5.74, 6) is -0.519. The van der Waals surface area contributed by atoms with Crippen LogP contribution >= 0.6 is 0 Å². The van der Waals surface area contributed by atoms with Gasteiger partial charge in [-0.1, -0.05) is 23.8 Å². The zero-order valence-electron chi connectivity index (χ0n) is 13.9. The smallest absolute Gasteiger partial charge is 0.274 e. The van der Waals surface area contributed by atoms with Gasteiger partial charge in [0.2, 0.25) is 5.95 Å². The zero-order valence-corrected chi connectivity index (χ0v) is 13.9. The van der Waals surface area contributed by atoms with Gasteiger partial charge < -0.3 is 10.6 Å². The number of nitrogens with one attached hydrogen (secondary N) is 2. The maximum absolute atomic E-state index is 13.2. The van der Waals surface area contributed by atoms with E-state index in [4.69, 9.17) is 0 Å². The molecule has 0 radical (unpaired) electrons. The molecule has 0 fully saturated rings. The van der Waals surface area contributed by atoms with Gasteiger partial charge >= 0.3 is 0 Å². The van der Waals surface area contributed by atoms with Gasteiger partial charge in [-0.3, -0.25) is 4.79 Å². The van der Waals surface area contributed by atoms with Crippen molar-refractivity contribution in [3.8, 4) is 0 Å². The van der Waals surface area contributed by atoms with Crippen LogP contribution in [0.25, 0.3) is 0 Å². The van der Waals surface area contributed by atoms with Crippen molar-refractivity contribution in [1.82, 2.24) is 9.97 Å². The largest absolute Gasteiger partial charge is 0.324 e. The highest BCUT2D eigenvalue weighted by Gasteiger charge is 2.11. The number of nitrogens with zero attached hydrogens (tertiary/aromatic N) is 2. The number of aryl methyl sites for hydroxylation is 2. The van der Waals surface area contributed by atoms with Crippen LogP contribution in [0.2, 0.25) is 0 Å². The zero-order chi connectivity index (χ0) is 17.8. The number of benzene rings is 2. The summed E-state index contributed by atoms with van der Waals surface area (Å²) in [5.41, 5.74) is 3.19. The first-order chi connectivity index (χ1) is 12.0. The third-order valence-corrected chi connectivity index (χ3v) is 3.48. The Balaban J connectivity index is 1.80. The first-order valence-corrected chi connectivity index (χ1v) is 7.76. The van der Waals surface area contributed by atoms with Crippen molar-refractivity contribution in [3.05, 3.63) is 77.4 Å². The molecular weight excluding hydrogens is 319 g/mol. The molecule has 2 N–H and O–H groups in total. The number of rotatable bonds is 4. The Labute approximate surface area is 145 Å². The van der Waals surface area contributed by atoms with Gasteiger partial charge in [0.05, 0.1) is 0 Å². The summed E-state index contributed by atoms with van der Waals surface area (Å²) < 4.78 is 13.2. The van der Waals surface area contributed by atoms with E-state index in [-0.39, 0.29) is 5.69 Å². The van der Waals surface area contributed by atoms with Gasteiger partial charge in [0.25, 0.3) is 5.91 Å². The van der Waals surface area contributed by atoms with Crippen LogP contribution in [0.4, 0.5) is 21.7 Å². The van der Waals surface area contributed by atoms with E-state index in [9.17, 15) is 9.18 Å². The highest BCUT2D eigenvalue weighted by molar-refractivity contribution is 6.03. The molecule has 126 valence electrons. The Morgan fingerprint density at radius 3 is 2.44 bits per heavy atom. The molecule has 5 nitrogen and oxygen atoms in total. The Bertz CT molecular complexity index is 910. The number of hydrogen-bond acceptors (Lipinski definition) is 4. The van der Waals surface area contributed by atoms with Crippen LogP contribution in [-0.2, 0) is 0 Å². The number of anilines is 3. The van der Waals surface area contributed by atoms with Crippen LogP contribution in [0.5, 0.6) is 0 Å². The number of amides is 1. The van der Waals surface area contributed by atoms with E-state index in [1.165, 1.54) is 18.2 Å². The molecule has 3 rings (SSSR count). The second-order valence-electron chi connectivity index (χ2n) is 5.67. The monoisotopic (exact) mass is 336 g/mol. The average molecular weight is 336 g/mol. The normalized spacial score (nSPS) is 10.4. The molecule has 0 aliphatic carbocycles.